The van der Waals surface area contributed by atoms with Crippen LogP contribution in [0, 0.1) is 17.1 Å². The first kappa shape index (κ1) is 21.0. The minimum Gasteiger partial charge on any atom is -0.351 e. The zero-order valence-corrected chi connectivity index (χ0v) is 17.7. The molecule has 3 aromatic carbocycles. The van der Waals surface area contributed by atoms with Gasteiger partial charge in [0.25, 0.3) is 5.91 Å². The summed E-state index contributed by atoms with van der Waals surface area (Å²) in [5.74, 6) is -0.443. The van der Waals surface area contributed by atoms with Crippen LogP contribution in [-0.4, -0.2) is 37.0 Å². The molecule has 0 atom stereocenters. The number of rotatable bonds is 5. The van der Waals surface area contributed by atoms with E-state index in [1.165, 1.54) is 12.1 Å². The normalized spacial score (nSPS) is 16.0. The first-order chi connectivity index (χ1) is 15.0. The van der Waals surface area contributed by atoms with Crippen molar-refractivity contribution in [2.45, 2.75) is 25.2 Å². The summed E-state index contributed by atoms with van der Waals surface area (Å²) < 4.78 is 13.5. The van der Waals surface area contributed by atoms with E-state index < -0.39 is 0 Å². The van der Waals surface area contributed by atoms with Gasteiger partial charge >= 0.3 is 0 Å². The number of amides is 1. The summed E-state index contributed by atoms with van der Waals surface area (Å²) in [7, 11) is 0. The predicted molar refractivity (Wildman–Crippen MR) is 120 cm³/mol. The molecule has 1 aliphatic rings. The number of likely N-dealkylation sites (tertiary alicyclic amines) is 1. The van der Waals surface area contributed by atoms with Gasteiger partial charge in [0.2, 0.25) is 0 Å². The Hall–Kier alpha value is -3.23. The number of fused-ring (bicyclic) bond motifs is 1. The highest BCUT2D eigenvalue weighted by molar-refractivity contribution is 6.07. The van der Waals surface area contributed by atoms with E-state index in [9.17, 15) is 14.4 Å². The SMILES string of the molecule is CCN1CCC(CNC(=O)c2cc(C#N)cc3ccccc23)(c2ccc(F)cc2)CC1. The van der Waals surface area contributed by atoms with E-state index >= 15 is 0 Å². The van der Waals surface area contributed by atoms with Crippen LogP contribution in [0.2, 0.25) is 0 Å². The zero-order valence-electron chi connectivity index (χ0n) is 17.7. The molecule has 5 heteroatoms. The maximum atomic E-state index is 13.5. The Morgan fingerprint density at radius 2 is 1.84 bits per heavy atom. The van der Waals surface area contributed by atoms with Crippen molar-refractivity contribution in [3.05, 3.63) is 83.2 Å². The van der Waals surface area contributed by atoms with Crippen LogP contribution in [-0.2, 0) is 5.41 Å². The van der Waals surface area contributed by atoms with Crippen LogP contribution in [0.3, 0.4) is 0 Å². The van der Waals surface area contributed by atoms with Crippen LogP contribution < -0.4 is 5.32 Å². The van der Waals surface area contributed by atoms with E-state index in [4.69, 9.17) is 0 Å². The van der Waals surface area contributed by atoms with E-state index in [0.29, 0.717) is 17.7 Å². The number of piperidine rings is 1. The number of carbonyl (C=O) groups is 1. The molecular formula is C26H26FN3O. The number of hydrogen-bond acceptors (Lipinski definition) is 3. The van der Waals surface area contributed by atoms with E-state index in [2.05, 4.69) is 23.2 Å². The molecule has 0 radical (unpaired) electrons. The summed E-state index contributed by atoms with van der Waals surface area (Å²) in [5, 5.41) is 14.2. The lowest BCUT2D eigenvalue weighted by molar-refractivity contribution is 0.0925. The first-order valence-electron chi connectivity index (χ1n) is 10.7. The van der Waals surface area contributed by atoms with E-state index in [1.807, 2.05) is 36.4 Å². The Morgan fingerprint density at radius 3 is 2.52 bits per heavy atom. The second-order valence-electron chi connectivity index (χ2n) is 8.26. The van der Waals surface area contributed by atoms with Crippen molar-refractivity contribution in [1.29, 1.82) is 5.26 Å². The van der Waals surface area contributed by atoms with E-state index in [1.54, 1.807) is 12.1 Å². The summed E-state index contributed by atoms with van der Waals surface area (Å²) >= 11 is 0. The van der Waals surface area contributed by atoms with Crippen molar-refractivity contribution in [2.75, 3.05) is 26.2 Å². The van der Waals surface area contributed by atoms with Crippen LogP contribution in [0.5, 0.6) is 0 Å². The molecule has 0 bridgehead atoms. The fourth-order valence-electron chi connectivity index (χ4n) is 4.58. The molecule has 0 spiro atoms. The number of nitrogens with zero attached hydrogens (tertiary/aromatic N) is 2. The van der Waals surface area contributed by atoms with Crippen molar-refractivity contribution in [2.24, 2.45) is 0 Å². The standard InChI is InChI=1S/C26H26FN3O/c1-2-30-13-11-26(12-14-30,21-7-9-22(27)10-8-21)18-29-25(31)24-16-19(17-28)15-20-5-3-4-6-23(20)24/h3-10,15-16H,2,11-14,18H2,1H3,(H,29,31). The van der Waals surface area contributed by atoms with E-state index in [0.717, 1.165) is 48.8 Å². The molecule has 0 aromatic heterocycles. The molecule has 3 aromatic rings. The Labute approximate surface area is 182 Å². The molecule has 0 aliphatic carbocycles. The van der Waals surface area contributed by atoms with Crippen molar-refractivity contribution in [3.63, 3.8) is 0 Å². The minimum absolute atomic E-state index is 0.187. The summed E-state index contributed by atoms with van der Waals surface area (Å²) in [6, 6.07) is 19.9. The number of hydrogen-bond donors (Lipinski definition) is 1. The second kappa shape index (κ2) is 8.87. The molecule has 1 amide bonds. The van der Waals surface area contributed by atoms with Crippen LogP contribution in [0.4, 0.5) is 4.39 Å². The topological polar surface area (TPSA) is 56.1 Å². The molecular weight excluding hydrogens is 389 g/mol. The molecule has 4 nitrogen and oxygen atoms in total. The van der Waals surface area contributed by atoms with Gasteiger partial charge in [0.15, 0.2) is 0 Å². The summed E-state index contributed by atoms with van der Waals surface area (Å²) in [6.45, 7) is 5.51. The Kier molecular flexibility index (Phi) is 6.01. The Morgan fingerprint density at radius 1 is 1.13 bits per heavy atom. The molecule has 0 saturated carbocycles. The van der Waals surface area contributed by atoms with Crippen molar-refractivity contribution >= 4 is 16.7 Å². The third-order valence-electron chi connectivity index (χ3n) is 6.54. The first-order valence-corrected chi connectivity index (χ1v) is 10.7. The van der Waals surface area contributed by atoms with Crippen LogP contribution in [0.25, 0.3) is 10.8 Å². The molecule has 1 fully saturated rings. The van der Waals surface area contributed by atoms with Crippen LogP contribution >= 0.6 is 0 Å². The lowest BCUT2D eigenvalue weighted by atomic mass is 9.72. The third kappa shape index (κ3) is 4.30. The van der Waals surface area contributed by atoms with Gasteiger partial charge in [-0.15, -0.1) is 0 Å². The maximum Gasteiger partial charge on any atom is 0.251 e. The van der Waals surface area contributed by atoms with Gasteiger partial charge in [0.1, 0.15) is 5.82 Å². The molecule has 31 heavy (non-hydrogen) atoms. The predicted octanol–water partition coefficient (Wildman–Crippen LogP) is 4.63. The highest BCUT2D eigenvalue weighted by atomic mass is 19.1. The molecule has 1 saturated heterocycles. The number of halogens is 1. The van der Waals surface area contributed by atoms with Gasteiger partial charge in [0.05, 0.1) is 11.6 Å². The smallest absolute Gasteiger partial charge is 0.251 e. The van der Waals surface area contributed by atoms with Gasteiger partial charge < -0.3 is 10.2 Å². The van der Waals surface area contributed by atoms with Crippen molar-refractivity contribution in [3.8, 4) is 6.07 Å². The Balaban J connectivity index is 1.62. The number of carbonyl (C=O) groups excluding carboxylic acids is 1. The van der Waals surface area contributed by atoms with E-state index in [-0.39, 0.29) is 17.1 Å². The summed E-state index contributed by atoms with van der Waals surface area (Å²) in [4.78, 5) is 15.6. The highest BCUT2D eigenvalue weighted by Crippen LogP contribution is 2.35. The summed E-state index contributed by atoms with van der Waals surface area (Å²) in [5.41, 5.74) is 1.79. The van der Waals surface area contributed by atoms with Gasteiger partial charge in [-0.25, -0.2) is 4.39 Å². The van der Waals surface area contributed by atoms with Gasteiger partial charge in [-0.3, -0.25) is 4.79 Å². The molecule has 1 aliphatic heterocycles. The van der Waals surface area contributed by atoms with Crippen molar-refractivity contribution < 1.29 is 9.18 Å². The number of nitrogens with one attached hydrogen (secondary N) is 1. The van der Waals surface area contributed by atoms with Gasteiger partial charge in [-0.2, -0.15) is 5.26 Å². The fraction of sp³-hybridized carbons (Fsp3) is 0.308. The van der Waals surface area contributed by atoms with Gasteiger partial charge in [0, 0.05) is 17.5 Å². The fourth-order valence-corrected chi connectivity index (χ4v) is 4.58. The average Bonchev–Trinajstić information content (AvgIpc) is 2.82. The van der Waals surface area contributed by atoms with Crippen LogP contribution in [0.15, 0.2) is 60.7 Å². The molecule has 1 N–H and O–H groups in total. The minimum atomic E-state index is -0.256. The third-order valence-corrected chi connectivity index (χ3v) is 6.54. The number of benzene rings is 3. The maximum absolute atomic E-state index is 13.5. The van der Waals surface area contributed by atoms with Crippen molar-refractivity contribution in [1.82, 2.24) is 10.2 Å². The number of nitriles is 1. The molecule has 0 unspecified atom stereocenters. The highest BCUT2D eigenvalue weighted by Gasteiger charge is 2.36. The largest absolute Gasteiger partial charge is 0.351 e. The second-order valence-corrected chi connectivity index (χ2v) is 8.26. The van der Waals surface area contributed by atoms with Crippen LogP contribution in [0.1, 0.15) is 41.3 Å². The summed E-state index contributed by atoms with van der Waals surface area (Å²) in [6.07, 6.45) is 1.79. The molecule has 1 heterocycles. The van der Waals surface area contributed by atoms with Gasteiger partial charge in [-0.1, -0.05) is 43.3 Å². The quantitative estimate of drug-likeness (QED) is 0.661. The zero-order chi connectivity index (χ0) is 21.8. The average molecular weight is 416 g/mol. The lowest BCUT2D eigenvalue weighted by Crippen LogP contribution is -2.49. The Bertz CT molecular complexity index is 1130. The molecule has 4 rings (SSSR count). The monoisotopic (exact) mass is 415 g/mol. The lowest BCUT2D eigenvalue weighted by Gasteiger charge is -2.42. The molecule has 158 valence electrons. The van der Waals surface area contributed by atoms with Gasteiger partial charge in [-0.05, 0) is 73.1 Å².